The lowest BCUT2D eigenvalue weighted by Gasteiger charge is -2.15. The topological polar surface area (TPSA) is 59.5 Å². The third-order valence-electron chi connectivity index (χ3n) is 4.55. The van der Waals surface area contributed by atoms with Crippen LogP contribution in [0.1, 0.15) is 24.1 Å². The summed E-state index contributed by atoms with van der Waals surface area (Å²) in [6, 6.07) is 15.4. The number of nitrogens with zero attached hydrogens (tertiary/aromatic N) is 2. The predicted molar refractivity (Wildman–Crippen MR) is 105 cm³/mol. The van der Waals surface area contributed by atoms with Crippen LogP contribution in [-0.2, 0) is 17.8 Å². The first-order valence-corrected chi connectivity index (χ1v) is 8.93. The van der Waals surface area contributed by atoms with Crippen LogP contribution in [0.3, 0.4) is 0 Å². The summed E-state index contributed by atoms with van der Waals surface area (Å²) in [4.78, 5) is 18.5. The Morgan fingerprint density at radius 3 is 2.59 bits per heavy atom. The number of benzene rings is 2. The van der Waals surface area contributed by atoms with Gasteiger partial charge >= 0.3 is 0 Å². The van der Waals surface area contributed by atoms with Crippen molar-refractivity contribution < 1.29 is 13.6 Å². The Labute approximate surface area is 156 Å². The minimum Gasteiger partial charge on any atom is -0.461 e. The molecule has 27 heavy (non-hydrogen) atoms. The zero-order valence-electron chi connectivity index (χ0n) is 15.3. The predicted octanol–water partition coefficient (Wildman–Crippen LogP) is 4.81. The second kappa shape index (κ2) is 7.11. The molecule has 0 bridgehead atoms. The number of aryl methyl sites for hydroxylation is 1. The summed E-state index contributed by atoms with van der Waals surface area (Å²) < 4.78 is 11.5. The van der Waals surface area contributed by atoms with Crippen molar-refractivity contribution in [3.63, 3.8) is 0 Å². The van der Waals surface area contributed by atoms with Crippen molar-refractivity contribution >= 4 is 34.1 Å². The van der Waals surface area contributed by atoms with Gasteiger partial charge in [-0.3, -0.25) is 4.79 Å². The molecule has 0 N–H and O–H groups in total. The van der Waals surface area contributed by atoms with Crippen molar-refractivity contribution in [2.45, 2.75) is 19.9 Å². The van der Waals surface area contributed by atoms with Crippen LogP contribution in [0.15, 0.2) is 63.4 Å². The van der Waals surface area contributed by atoms with Gasteiger partial charge in [0.2, 0.25) is 11.8 Å². The van der Waals surface area contributed by atoms with Crippen LogP contribution >= 0.6 is 0 Å². The molecule has 4 aromatic rings. The first-order chi connectivity index (χ1) is 13.2. The Morgan fingerprint density at radius 2 is 1.81 bits per heavy atom. The lowest BCUT2D eigenvalue weighted by molar-refractivity contribution is -0.125. The summed E-state index contributed by atoms with van der Waals surface area (Å²) in [5.41, 5.74) is 3.39. The lowest BCUT2D eigenvalue weighted by Crippen LogP contribution is -2.24. The highest BCUT2D eigenvalue weighted by molar-refractivity contribution is 5.92. The van der Waals surface area contributed by atoms with Gasteiger partial charge in [-0.1, -0.05) is 37.3 Å². The Bertz CT molecular complexity index is 1100. The number of likely N-dealkylation sites (N-methyl/N-ethyl adjacent to an activating group) is 1. The van der Waals surface area contributed by atoms with Gasteiger partial charge in [-0.2, -0.15) is 0 Å². The zero-order chi connectivity index (χ0) is 18.8. The zero-order valence-corrected chi connectivity index (χ0v) is 15.3. The van der Waals surface area contributed by atoms with E-state index in [4.69, 9.17) is 8.83 Å². The van der Waals surface area contributed by atoms with Gasteiger partial charge < -0.3 is 13.7 Å². The Balaban J connectivity index is 1.52. The van der Waals surface area contributed by atoms with Crippen LogP contribution in [0.2, 0.25) is 0 Å². The van der Waals surface area contributed by atoms with E-state index in [0.717, 1.165) is 34.2 Å². The van der Waals surface area contributed by atoms with E-state index in [2.05, 4.69) is 11.9 Å². The van der Waals surface area contributed by atoms with Crippen LogP contribution < -0.4 is 0 Å². The van der Waals surface area contributed by atoms with Gasteiger partial charge in [0.05, 0.1) is 0 Å². The second-order valence-corrected chi connectivity index (χ2v) is 6.40. The Hall–Kier alpha value is -3.34. The average Bonchev–Trinajstić information content (AvgIpc) is 3.27. The van der Waals surface area contributed by atoms with E-state index in [1.54, 1.807) is 18.0 Å². The van der Waals surface area contributed by atoms with E-state index in [1.165, 1.54) is 6.08 Å². The number of aromatic nitrogens is 1. The number of carbonyl (C=O) groups is 1. The number of hydrogen-bond acceptors (Lipinski definition) is 4. The molecule has 0 spiro atoms. The molecule has 0 atom stereocenters. The number of oxazole rings is 1. The normalized spacial score (nSPS) is 11.6. The molecule has 0 saturated heterocycles. The largest absolute Gasteiger partial charge is 0.461 e. The lowest BCUT2D eigenvalue weighted by atomic mass is 10.1. The summed E-state index contributed by atoms with van der Waals surface area (Å²) in [6.45, 7) is 2.53. The van der Waals surface area contributed by atoms with E-state index in [-0.39, 0.29) is 5.91 Å². The average molecular weight is 360 g/mol. The fraction of sp³-hybridized carbons (Fsp3) is 0.182. The first-order valence-electron chi connectivity index (χ1n) is 8.93. The number of rotatable bonds is 5. The van der Waals surface area contributed by atoms with Crippen molar-refractivity contribution in [3.8, 4) is 0 Å². The van der Waals surface area contributed by atoms with Crippen molar-refractivity contribution in [1.29, 1.82) is 0 Å². The van der Waals surface area contributed by atoms with Crippen LogP contribution in [0.25, 0.3) is 28.1 Å². The fourth-order valence-corrected chi connectivity index (χ4v) is 3.15. The molecule has 136 valence electrons. The van der Waals surface area contributed by atoms with E-state index in [0.29, 0.717) is 18.0 Å². The molecule has 0 aliphatic rings. The molecule has 0 saturated carbocycles. The minimum atomic E-state index is -0.121. The Morgan fingerprint density at radius 1 is 1.07 bits per heavy atom. The summed E-state index contributed by atoms with van der Waals surface area (Å²) in [7, 11) is 1.78. The van der Waals surface area contributed by atoms with E-state index < -0.39 is 0 Å². The quantitative estimate of drug-likeness (QED) is 0.479. The van der Waals surface area contributed by atoms with Crippen molar-refractivity contribution in [3.05, 3.63) is 71.8 Å². The summed E-state index contributed by atoms with van der Waals surface area (Å²) in [5, 5.41) is 1.05. The number of fused-ring (bicyclic) bond motifs is 2. The van der Waals surface area contributed by atoms with Gasteiger partial charge in [0, 0.05) is 43.1 Å². The number of amides is 1. The number of para-hydroxylation sites is 3. The molecule has 0 aliphatic heterocycles. The molecule has 2 heterocycles. The van der Waals surface area contributed by atoms with E-state index >= 15 is 0 Å². The molecule has 4 rings (SSSR count). The maximum Gasteiger partial charge on any atom is 0.246 e. The third kappa shape index (κ3) is 3.36. The number of hydrogen-bond donors (Lipinski definition) is 0. The molecule has 0 fully saturated rings. The van der Waals surface area contributed by atoms with Gasteiger partial charge in [0.25, 0.3) is 0 Å². The van der Waals surface area contributed by atoms with Gasteiger partial charge in [0.15, 0.2) is 5.58 Å². The van der Waals surface area contributed by atoms with Gasteiger partial charge in [-0.05, 0) is 18.2 Å². The smallest absolute Gasteiger partial charge is 0.246 e. The molecule has 0 aliphatic carbocycles. The fourth-order valence-electron chi connectivity index (χ4n) is 3.15. The number of carbonyl (C=O) groups excluding carboxylic acids is 1. The maximum atomic E-state index is 12.5. The first kappa shape index (κ1) is 17.1. The monoisotopic (exact) mass is 360 g/mol. The summed E-state index contributed by atoms with van der Waals surface area (Å²) >= 11 is 0. The third-order valence-corrected chi connectivity index (χ3v) is 4.55. The van der Waals surface area contributed by atoms with Crippen LogP contribution in [0.4, 0.5) is 0 Å². The molecule has 5 heteroatoms. The molecule has 2 aromatic heterocycles. The van der Waals surface area contributed by atoms with E-state index in [9.17, 15) is 4.79 Å². The standard InChI is InChI=1S/C22H20N2O3/c1-3-18-16(15-8-4-6-10-19(15)26-18)14-24(2)22(25)13-12-21-23-17-9-5-7-11-20(17)27-21/h4-13H,3,14H2,1-2H3/b13-12+. The van der Waals surface area contributed by atoms with Gasteiger partial charge in [0.1, 0.15) is 16.9 Å². The maximum absolute atomic E-state index is 12.5. The summed E-state index contributed by atoms with van der Waals surface area (Å²) in [6.07, 6.45) is 3.87. The molecule has 2 aromatic carbocycles. The highest BCUT2D eigenvalue weighted by Crippen LogP contribution is 2.27. The molecule has 1 amide bonds. The van der Waals surface area contributed by atoms with Crippen LogP contribution in [-0.4, -0.2) is 22.8 Å². The summed E-state index contributed by atoms with van der Waals surface area (Å²) in [5.74, 6) is 1.21. The minimum absolute atomic E-state index is 0.121. The van der Waals surface area contributed by atoms with Crippen molar-refractivity contribution in [1.82, 2.24) is 9.88 Å². The second-order valence-electron chi connectivity index (χ2n) is 6.40. The van der Waals surface area contributed by atoms with Crippen molar-refractivity contribution in [2.24, 2.45) is 0 Å². The molecular formula is C22H20N2O3. The van der Waals surface area contributed by atoms with Crippen LogP contribution in [0.5, 0.6) is 0 Å². The highest BCUT2D eigenvalue weighted by atomic mass is 16.3. The highest BCUT2D eigenvalue weighted by Gasteiger charge is 2.16. The van der Waals surface area contributed by atoms with E-state index in [1.807, 2.05) is 48.5 Å². The number of furan rings is 1. The van der Waals surface area contributed by atoms with Gasteiger partial charge in [-0.25, -0.2) is 4.98 Å². The molecular weight excluding hydrogens is 340 g/mol. The van der Waals surface area contributed by atoms with Gasteiger partial charge in [-0.15, -0.1) is 0 Å². The Kier molecular flexibility index (Phi) is 4.50. The molecule has 5 nitrogen and oxygen atoms in total. The van der Waals surface area contributed by atoms with Crippen molar-refractivity contribution in [2.75, 3.05) is 7.05 Å². The van der Waals surface area contributed by atoms with Crippen LogP contribution in [0, 0.1) is 0 Å². The molecule has 0 unspecified atom stereocenters. The SMILES string of the molecule is CCc1oc2ccccc2c1CN(C)C(=O)/C=C/c1nc2ccccc2o1. The molecule has 0 radical (unpaired) electrons.